The monoisotopic (exact) mass is 372 g/mol. The number of carbonyl (C=O) groups excluding carboxylic acids is 1. The molecule has 1 aromatic heterocycles. The standard InChI is InChI=1S/C18H13FN2O4S/c19-13-8-6-12(7-9-13)14-15(16(17(22)23)26-21-14)20-18(24)25-10-11-4-2-1-3-5-11/h1-9H,10H2,(H,20,24)(H,22,23). The number of carboxylic acids is 1. The van der Waals surface area contributed by atoms with E-state index in [-0.39, 0.29) is 22.9 Å². The molecule has 0 saturated heterocycles. The molecule has 0 saturated carbocycles. The number of hydrogen-bond acceptors (Lipinski definition) is 5. The first-order valence-corrected chi connectivity index (χ1v) is 8.28. The van der Waals surface area contributed by atoms with E-state index in [0.717, 1.165) is 17.1 Å². The van der Waals surface area contributed by atoms with E-state index in [2.05, 4.69) is 9.69 Å². The maximum atomic E-state index is 13.1. The molecule has 3 rings (SSSR count). The number of rotatable bonds is 5. The number of hydrogen-bond donors (Lipinski definition) is 2. The third-order valence-electron chi connectivity index (χ3n) is 3.44. The van der Waals surface area contributed by atoms with Crippen molar-refractivity contribution in [1.82, 2.24) is 4.37 Å². The summed E-state index contributed by atoms with van der Waals surface area (Å²) in [5, 5.41) is 11.7. The highest BCUT2D eigenvalue weighted by atomic mass is 32.1. The Hall–Kier alpha value is -3.26. The van der Waals surface area contributed by atoms with Crippen molar-refractivity contribution in [2.45, 2.75) is 6.61 Å². The van der Waals surface area contributed by atoms with Crippen molar-refractivity contribution < 1.29 is 23.8 Å². The Balaban J connectivity index is 1.81. The number of nitrogens with zero attached hydrogens (tertiary/aromatic N) is 1. The second-order valence-electron chi connectivity index (χ2n) is 5.23. The number of carboxylic acid groups (broad SMARTS) is 1. The van der Waals surface area contributed by atoms with Gasteiger partial charge in [-0.05, 0) is 41.4 Å². The summed E-state index contributed by atoms with van der Waals surface area (Å²) in [6.07, 6.45) is -0.806. The molecule has 0 fully saturated rings. The molecule has 0 spiro atoms. The zero-order chi connectivity index (χ0) is 18.5. The van der Waals surface area contributed by atoms with E-state index in [1.807, 2.05) is 18.2 Å². The third-order valence-corrected chi connectivity index (χ3v) is 4.28. The Bertz CT molecular complexity index is 926. The lowest BCUT2D eigenvalue weighted by molar-refractivity contribution is 0.0703. The van der Waals surface area contributed by atoms with Gasteiger partial charge in [0.05, 0.1) is 5.69 Å². The van der Waals surface area contributed by atoms with Crippen LogP contribution in [-0.4, -0.2) is 21.5 Å². The van der Waals surface area contributed by atoms with Crippen molar-refractivity contribution in [2.75, 3.05) is 5.32 Å². The summed E-state index contributed by atoms with van der Waals surface area (Å²) in [6, 6.07) is 14.4. The summed E-state index contributed by atoms with van der Waals surface area (Å²) in [4.78, 5) is 23.3. The Morgan fingerprint density at radius 1 is 1.12 bits per heavy atom. The van der Waals surface area contributed by atoms with Crippen LogP contribution in [-0.2, 0) is 11.3 Å². The lowest BCUT2D eigenvalue weighted by Crippen LogP contribution is -2.15. The van der Waals surface area contributed by atoms with Crippen LogP contribution >= 0.6 is 11.5 Å². The molecule has 0 aliphatic rings. The van der Waals surface area contributed by atoms with Gasteiger partial charge in [0.2, 0.25) is 0 Å². The molecule has 0 aliphatic carbocycles. The fourth-order valence-corrected chi connectivity index (χ4v) is 2.91. The third kappa shape index (κ3) is 4.04. The number of benzene rings is 2. The van der Waals surface area contributed by atoms with Crippen LogP contribution in [0, 0.1) is 5.82 Å². The molecule has 1 amide bonds. The topological polar surface area (TPSA) is 88.5 Å². The summed E-state index contributed by atoms with van der Waals surface area (Å²) in [5.74, 6) is -1.66. The lowest BCUT2D eigenvalue weighted by Gasteiger charge is -2.08. The van der Waals surface area contributed by atoms with Gasteiger partial charge in [-0.2, -0.15) is 4.37 Å². The van der Waals surface area contributed by atoms with Crippen molar-refractivity contribution in [3.8, 4) is 11.3 Å². The van der Waals surface area contributed by atoms with Crippen molar-refractivity contribution in [3.05, 3.63) is 70.9 Å². The van der Waals surface area contributed by atoms with Crippen LogP contribution < -0.4 is 5.32 Å². The predicted octanol–water partition coefficient (Wildman–Crippen LogP) is 4.40. The van der Waals surface area contributed by atoms with Gasteiger partial charge in [-0.1, -0.05) is 30.3 Å². The van der Waals surface area contributed by atoms with E-state index in [1.54, 1.807) is 12.1 Å². The smallest absolute Gasteiger partial charge is 0.412 e. The van der Waals surface area contributed by atoms with E-state index < -0.39 is 17.9 Å². The quantitative estimate of drug-likeness (QED) is 0.693. The van der Waals surface area contributed by atoms with E-state index in [1.165, 1.54) is 24.3 Å². The fraction of sp³-hybridized carbons (Fsp3) is 0.0556. The highest BCUT2D eigenvalue weighted by Gasteiger charge is 2.22. The van der Waals surface area contributed by atoms with Gasteiger partial charge in [0.25, 0.3) is 0 Å². The average Bonchev–Trinajstić information content (AvgIpc) is 3.05. The summed E-state index contributed by atoms with van der Waals surface area (Å²) in [6.45, 7) is 0.0402. The van der Waals surface area contributed by atoms with Crippen LogP contribution in [0.25, 0.3) is 11.3 Å². The zero-order valence-electron chi connectivity index (χ0n) is 13.3. The summed E-state index contributed by atoms with van der Waals surface area (Å²) in [5.41, 5.74) is 1.54. The fourth-order valence-electron chi connectivity index (χ4n) is 2.22. The number of ether oxygens (including phenoxy) is 1. The van der Waals surface area contributed by atoms with E-state index >= 15 is 0 Å². The summed E-state index contributed by atoms with van der Waals surface area (Å²) in [7, 11) is 0. The van der Waals surface area contributed by atoms with E-state index in [4.69, 9.17) is 4.74 Å². The average molecular weight is 372 g/mol. The predicted molar refractivity (Wildman–Crippen MR) is 94.7 cm³/mol. The molecule has 0 aliphatic heterocycles. The highest BCUT2D eigenvalue weighted by Crippen LogP contribution is 2.33. The van der Waals surface area contributed by atoms with Crippen molar-refractivity contribution in [1.29, 1.82) is 0 Å². The molecule has 0 atom stereocenters. The first-order chi connectivity index (χ1) is 12.5. The molecule has 2 N–H and O–H groups in total. The van der Waals surface area contributed by atoms with Crippen LogP contribution in [0.1, 0.15) is 15.2 Å². The SMILES string of the molecule is O=C(Nc1c(-c2ccc(F)cc2)nsc1C(=O)O)OCc1ccccc1. The highest BCUT2D eigenvalue weighted by molar-refractivity contribution is 7.09. The van der Waals surface area contributed by atoms with E-state index in [0.29, 0.717) is 5.56 Å². The largest absolute Gasteiger partial charge is 0.477 e. The first-order valence-electron chi connectivity index (χ1n) is 7.51. The minimum atomic E-state index is -1.23. The minimum Gasteiger partial charge on any atom is -0.477 e. The van der Waals surface area contributed by atoms with Gasteiger partial charge in [0.1, 0.15) is 18.1 Å². The molecule has 8 heteroatoms. The maximum Gasteiger partial charge on any atom is 0.412 e. The lowest BCUT2D eigenvalue weighted by atomic mass is 10.1. The van der Waals surface area contributed by atoms with Crippen molar-refractivity contribution in [2.24, 2.45) is 0 Å². The molecule has 2 aromatic carbocycles. The Kier molecular flexibility index (Phi) is 5.23. The van der Waals surface area contributed by atoms with Crippen LogP contribution in [0.5, 0.6) is 0 Å². The minimum absolute atomic E-state index is 0.0205. The van der Waals surface area contributed by atoms with Gasteiger partial charge in [-0.25, -0.2) is 14.0 Å². The molecular weight excluding hydrogens is 359 g/mol. The summed E-state index contributed by atoms with van der Waals surface area (Å²) >= 11 is 0.726. The second kappa shape index (κ2) is 7.75. The van der Waals surface area contributed by atoms with Crippen LogP contribution in [0.15, 0.2) is 54.6 Å². The molecule has 0 radical (unpaired) electrons. The number of carbonyl (C=O) groups is 2. The van der Waals surface area contributed by atoms with Gasteiger partial charge in [-0.15, -0.1) is 0 Å². The molecule has 1 heterocycles. The maximum absolute atomic E-state index is 13.1. The molecule has 6 nitrogen and oxygen atoms in total. The molecule has 132 valence electrons. The summed E-state index contributed by atoms with van der Waals surface area (Å²) < 4.78 is 22.3. The Labute approximate surface area is 152 Å². The molecule has 3 aromatic rings. The number of aromatic carboxylic acids is 1. The second-order valence-corrected chi connectivity index (χ2v) is 6.01. The number of halogens is 1. The molecule has 26 heavy (non-hydrogen) atoms. The molecular formula is C18H13FN2O4S. The van der Waals surface area contributed by atoms with E-state index in [9.17, 15) is 19.1 Å². The number of amides is 1. The van der Waals surface area contributed by atoms with Crippen molar-refractivity contribution >= 4 is 29.3 Å². The van der Waals surface area contributed by atoms with Crippen LogP contribution in [0.2, 0.25) is 0 Å². The van der Waals surface area contributed by atoms with Gasteiger partial charge in [-0.3, -0.25) is 5.32 Å². The molecule has 0 unspecified atom stereocenters. The normalized spacial score (nSPS) is 10.3. The van der Waals surface area contributed by atoms with Gasteiger partial charge >= 0.3 is 12.1 Å². The zero-order valence-corrected chi connectivity index (χ0v) is 14.1. The van der Waals surface area contributed by atoms with Gasteiger partial charge < -0.3 is 9.84 Å². The Morgan fingerprint density at radius 2 is 1.81 bits per heavy atom. The first kappa shape index (κ1) is 17.6. The Morgan fingerprint density at radius 3 is 2.46 bits per heavy atom. The number of aromatic nitrogens is 1. The van der Waals surface area contributed by atoms with Crippen molar-refractivity contribution in [3.63, 3.8) is 0 Å². The van der Waals surface area contributed by atoms with Gasteiger partial charge in [0.15, 0.2) is 4.88 Å². The van der Waals surface area contributed by atoms with Crippen LogP contribution in [0.4, 0.5) is 14.9 Å². The van der Waals surface area contributed by atoms with Gasteiger partial charge in [0, 0.05) is 5.56 Å². The number of nitrogens with one attached hydrogen (secondary N) is 1. The number of anilines is 1. The molecule has 0 bridgehead atoms. The van der Waals surface area contributed by atoms with Crippen LogP contribution in [0.3, 0.4) is 0 Å².